The van der Waals surface area contributed by atoms with Gasteiger partial charge in [-0.2, -0.15) is 8.78 Å². The van der Waals surface area contributed by atoms with Crippen LogP contribution in [0.2, 0.25) is 0 Å². The van der Waals surface area contributed by atoms with Crippen LogP contribution in [-0.2, 0) is 4.79 Å². The van der Waals surface area contributed by atoms with Gasteiger partial charge in [0.05, 0.1) is 0 Å². The maximum Gasteiger partial charge on any atom is 0.387 e. The summed E-state index contributed by atoms with van der Waals surface area (Å²) in [6.45, 7) is -1.33. The van der Waals surface area contributed by atoms with Gasteiger partial charge in [-0.05, 0) is 31.2 Å². The average Bonchev–Trinajstić information content (AvgIpc) is 2.20. The maximum absolute atomic E-state index is 11.8. The Labute approximate surface area is 96.4 Å². The largest absolute Gasteiger partial charge is 0.435 e. The lowest BCUT2D eigenvalue weighted by Gasteiger charge is -2.08. The molecule has 1 atom stereocenters. The summed E-state index contributed by atoms with van der Waals surface area (Å²) in [4.78, 5) is 11.2. The van der Waals surface area contributed by atoms with Gasteiger partial charge < -0.3 is 10.1 Å². The van der Waals surface area contributed by atoms with Gasteiger partial charge in [-0.25, -0.2) is 0 Å². The average molecular weight is 250 g/mol. The molecule has 16 heavy (non-hydrogen) atoms. The first-order valence-corrected chi connectivity index (χ1v) is 4.92. The van der Waals surface area contributed by atoms with Crippen molar-refractivity contribution in [2.45, 2.75) is 18.9 Å². The molecule has 88 valence electrons. The minimum Gasteiger partial charge on any atom is -0.435 e. The molecule has 0 radical (unpaired) electrons. The van der Waals surface area contributed by atoms with E-state index in [1.807, 2.05) is 0 Å². The third-order valence-electron chi connectivity index (χ3n) is 1.71. The summed E-state index contributed by atoms with van der Waals surface area (Å²) >= 11 is 5.54. The molecular formula is C10H10ClF2NO2. The number of halogens is 3. The molecule has 1 aromatic carbocycles. The zero-order chi connectivity index (χ0) is 12.1. The van der Waals surface area contributed by atoms with Crippen LogP contribution in [0.5, 0.6) is 5.75 Å². The Morgan fingerprint density at radius 2 is 1.94 bits per heavy atom. The van der Waals surface area contributed by atoms with Crippen LogP contribution in [-0.4, -0.2) is 17.9 Å². The number of carbonyl (C=O) groups excluding carboxylic acids is 1. The van der Waals surface area contributed by atoms with Crippen LogP contribution in [0.4, 0.5) is 14.5 Å². The van der Waals surface area contributed by atoms with Crippen molar-refractivity contribution >= 4 is 23.2 Å². The van der Waals surface area contributed by atoms with Gasteiger partial charge >= 0.3 is 6.61 Å². The number of alkyl halides is 3. The molecule has 0 saturated heterocycles. The van der Waals surface area contributed by atoms with Gasteiger partial charge in [-0.3, -0.25) is 4.79 Å². The molecule has 0 spiro atoms. The summed E-state index contributed by atoms with van der Waals surface area (Å²) in [6, 6.07) is 5.57. The Hall–Kier alpha value is -1.36. The summed E-state index contributed by atoms with van der Waals surface area (Å²) in [5.41, 5.74) is 0.471. The lowest BCUT2D eigenvalue weighted by molar-refractivity contribution is -0.115. The number of rotatable bonds is 4. The zero-order valence-corrected chi connectivity index (χ0v) is 9.17. The zero-order valence-electron chi connectivity index (χ0n) is 8.41. The number of amides is 1. The molecule has 0 aliphatic carbocycles. The Morgan fingerprint density at radius 3 is 2.38 bits per heavy atom. The van der Waals surface area contributed by atoms with Crippen molar-refractivity contribution in [2.75, 3.05) is 5.32 Å². The van der Waals surface area contributed by atoms with E-state index >= 15 is 0 Å². The molecule has 0 bridgehead atoms. The van der Waals surface area contributed by atoms with Crippen LogP contribution in [0, 0.1) is 0 Å². The fourth-order valence-corrected chi connectivity index (χ4v) is 1.02. The molecule has 0 aliphatic heterocycles. The number of benzene rings is 1. The smallest absolute Gasteiger partial charge is 0.387 e. The van der Waals surface area contributed by atoms with E-state index in [0.717, 1.165) is 0 Å². The van der Waals surface area contributed by atoms with Crippen molar-refractivity contribution in [1.82, 2.24) is 0 Å². The van der Waals surface area contributed by atoms with Crippen molar-refractivity contribution in [1.29, 1.82) is 0 Å². The van der Waals surface area contributed by atoms with Crippen molar-refractivity contribution < 1.29 is 18.3 Å². The molecule has 0 saturated carbocycles. The normalized spacial score (nSPS) is 12.3. The molecule has 0 aliphatic rings. The monoisotopic (exact) mass is 249 g/mol. The fourth-order valence-electron chi connectivity index (χ4n) is 0.961. The molecule has 0 aromatic heterocycles. The van der Waals surface area contributed by atoms with E-state index in [2.05, 4.69) is 10.1 Å². The van der Waals surface area contributed by atoms with Gasteiger partial charge in [0.25, 0.3) is 0 Å². The number of ether oxygens (including phenoxy) is 1. The fraction of sp³-hybridized carbons (Fsp3) is 0.300. The van der Waals surface area contributed by atoms with Crippen LogP contribution in [0.1, 0.15) is 6.92 Å². The highest BCUT2D eigenvalue weighted by Gasteiger charge is 2.09. The maximum atomic E-state index is 11.8. The van der Waals surface area contributed by atoms with Crippen molar-refractivity contribution in [3.8, 4) is 5.75 Å². The summed E-state index contributed by atoms with van der Waals surface area (Å²) in [6.07, 6.45) is 0. The third kappa shape index (κ3) is 4.02. The van der Waals surface area contributed by atoms with Gasteiger partial charge in [-0.1, -0.05) is 0 Å². The second-order valence-electron chi connectivity index (χ2n) is 3.01. The summed E-state index contributed by atoms with van der Waals surface area (Å²) < 4.78 is 27.8. The predicted octanol–water partition coefficient (Wildman–Crippen LogP) is 2.85. The SMILES string of the molecule is CC(Cl)C(=O)Nc1ccc(OC(F)F)cc1. The first-order chi connectivity index (χ1) is 7.49. The van der Waals surface area contributed by atoms with E-state index in [-0.39, 0.29) is 11.7 Å². The number of nitrogens with one attached hydrogen (secondary N) is 1. The van der Waals surface area contributed by atoms with Gasteiger partial charge in [0, 0.05) is 5.69 Å². The molecule has 0 fully saturated rings. The Kier molecular flexibility index (Phi) is 4.49. The number of hydrogen-bond acceptors (Lipinski definition) is 2. The molecule has 1 rings (SSSR count). The molecule has 1 N–H and O–H groups in total. The molecular weight excluding hydrogens is 240 g/mol. The minimum atomic E-state index is -2.86. The van der Waals surface area contributed by atoms with Gasteiger partial charge in [0.2, 0.25) is 5.91 Å². The second kappa shape index (κ2) is 5.65. The Balaban J connectivity index is 2.61. The highest BCUT2D eigenvalue weighted by molar-refractivity contribution is 6.32. The minimum absolute atomic E-state index is 0.0342. The topological polar surface area (TPSA) is 38.3 Å². The molecule has 3 nitrogen and oxygen atoms in total. The summed E-state index contributed by atoms with van der Waals surface area (Å²) in [7, 11) is 0. The van der Waals surface area contributed by atoms with Gasteiger partial charge in [0.15, 0.2) is 0 Å². The van der Waals surface area contributed by atoms with E-state index in [1.165, 1.54) is 31.2 Å². The van der Waals surface area contributed by atoms with E-state index in [9.17, 15) is 13.6 Å². The van der Waals surface area contributed by atoms with E-state index < -0.39 is 12.0 Å². The summed E-state index contributed by atoms with van der Waals surface area (Å²) in [5, 5.41) is 1.85. The molecule has 6 heteroatoms. The van der Waals surface area contributed by atoms with Crippen molar-refractivity contribution in [3.63, 3.8) is 0 Å². The third-order valence-corrected chi connectivity index (χ3v) is 1.91. The second-order valence-corrected chi connectivity index (χ2v) is 3.66. The van der Waals surface area contributed by atoms with E-state index in [1.54, 1.807) is 0 Å². The molecule has 1 aromatic rings. The van der Waals surface area contributed by atoms with Crippen LogP contribution in [0.3, 0.4) is 0 Å². The molecule has 1 amide bonds. The Bertz CT molecular complexity index is 354. The first-order valence-electron chi connectivity index (χ1n) is 4.49. The quantitative estimate of drug-likeness (QED) is 0.834. The lowest BCUT2D eigenvalue weighted by atomic mass is 10.3. The van der Waals surface area contributed by atoms with Crippen LogP contribution < -0.4 is 10.1 Å². The van der Waals surface area contributed by atoms with Crippen molar-refractivity contribution in [3.05, 3.63) is 24.3 Å². The predicted molar refractivity (Wildman–Crippen MR) is 57.0 cm³/mol. The van der Waals surface area contributed by atoms with Crippen LogP contribution in [0.15, 0.2) is 24.3 Å². The van der Waals surface area contributed by atoms with Crippen molar-refractivity contribution in [2.24, 2.45) is 0 Å². The number of carbonyl (C=O) groups is 1. The Morgan fingerprint density at radius 1 is 1.38 bits per heavy atom. The van der Waals surface area contributed by atoms with E-state index in [4.69, 9.17) is 11.6 Å². The van der Waals surface area contributed by atoms with Crippen LogP contribution >= 0.6 is 11.6 Å². The first kappa shape index (κ1) is 12.7. The van der Waals surface area contributed by atoms with E-state index in [0.29, 0.717) is 5.69 Å². The number of anilines is 1. The van der Waals surface area contributed by atoms with Gasteiger partial charge in [-0.15, -0.1) is 11.6 Å². The van der Waals surface area contributed by atoms with Gasteiger partial charge in [0.1, 0.15) is 11.1 Å². The highest BCUT2D eigenvalue weighted by Crippen LogP contribution is 2.18. The molecule has 0 heterocycles. The standard InChI is InChI=1S/C10H10ClF2NO2/c1-6(11)9(15)14-7-2-4-8(5-3-7)16-10(12)13/h2-6,10H,1H3,(H,14,15). The summed E-state index contributed by atoms with van der Waals surface area (Å²) in [5.74, 6) is -0.323. The highest BCUT2D eigenvalue weighted by atomic mass is 35.5. The number of hydrogen-bond donors (Lipinski definition) is 1. The molecule has 1 unspecified atom stereocenters. The lowest BCUT2D eigenvalue weighted by Crippen LogP contribution is -2.20. The van der Waals surface area contributed by atoms with Crippen LogP contribution in [0.25, 0.3) is 0 Å².